The smallest absolute Gasteiger partial charge is 0.0892 e. The Labute approximate surface area is 147 Å². The van der Waals surface area contributed by atoms with Gasteiger partial charge >= 0.3 is 0 Å². The van der Waals surface area contributed by atoms with Gasteiger partial charge in [0.2, 0.25) is 0 Å². The highest BCUT2D eigenvalue weighted by Crippen LogP contribution is 2.36. The molecule has 0 amide bonds. The molecular formula is C21H26BrN. The summed E-state index contributed by atoms with van der Waals surface area (Å²) in [5, 5.41) is 2.81. The summed E-state index contributed by atoms with van der Waals surface area (Å²) in [6.07, 6.45) is 5.78. The third-order valence-electron chi connectivity index (χ3n) is 4.63. The van der Waals surface area contributed by atoms with Gasteiger partial charge in [-0.05, 0) is 54.7 Å². The van der Waals surface area contributed by atoms with Crippen molar-refractivity contribution in [2.45, 2.75) is 57.8 Å². The summed E-state index contributed by atoms with van der Waals surface area (Å²) in [5.74, 6) is 0. The van der Waals surface area contributed by atoms with Crippen molar-refractivity contribution in [3.8, 4) is 0 Å². The van der Waals surface area contributed by atoms with Gasteiger partial charge in [0.05, 0.1) is 16.0 Å². The maximum absolute atomic E-state index is 3.87. The SMILES string of the molecule is CCCc1ccc2c(c1)c1cc(CCC)ccc1n2C(Br)CC. The highest BCUT2D eigenvalue weighted by molar-refractivity contribution is 9.09. The second kappa shape index (κ2) is 7.09. The summed E-state index contributed by atoms with van der Waals surface area (Å²) in [6, 6.07) is 14.0. The molecule has 0 aliphatic heterocycles. The lowest BCUT2D eigenvalue weighted by Gasteiger charge is -2.13. The Morgan fingerprint density at radius 1 is 0.826 bits per heavy atom. The van der Waals surface area contributed by atoms with Crippen molar-refractivity contribution in [3.05, 3.63) is 47.5 Å². The van der Waals surface area contributed by atoms with Crippen molar-refractivity contribution < 1.29 is 0 Å². The largest absolute Gasteiger partial charge is 0.327 e. The van der Waals surface area contributed by atoms with Crippen molar-refractivity contribution in [1.82, 2.24) is 4.57 Å². The first-order valence-electron chi connectivity index (χ1n) is 8.89. The van der Waals surface area contributed by atoms with Gasteiger partial charge in [-0.2, -0.15) is 0 Å². The number of benzene rings is 2. The third kappa shape index (κ3) is 3.06. The van der Waals surface area contributed by atoms with E-state index in [0.717, 1.165) is 19.3 Å². The predicted octanol–water partition coefficient (Wildman–Crippen LogP) is 7.00. The molecule has 23 heavy (non-hydrogen) atoms. The van der Waals surface area contributed by atoms with Crippen LogP contribution in [0.1, 0.15) is 56.1 Å². The number of rotatable bonds is 6. The van der Waals surface area contributed by atoms with Crippen LogP contribution >= 0.6 is 15.9 Å². The van der Waals surface area contributed by atoms with E-state index in [1.165, 1.54) is 45.8 Å². The number of fused-ring (bicyclic) bond motifs is 3. The molecule has 2 aromatic carbocycles. The van der Waals surface area contributed by atoms with Gasteiger partial charge in [-0.1, -0.05) is 61.7 Å². The van der Waals surface area contributed by atoms with Crippen LogP contribution in [0.5, 0.6) is 0 Å². The quantitative estimate of drug-likeness (QED) is 0.411. The summed E-state index contributed by atoms with van der Waals surface area (Å²) in [7, 11) is 0. The van der Waals surface area contributed by atoms with E-state index in [0.29, 0.717) is 4.95 Å². The van der Waals surface area contributed by atoms with E-state index in [1.54, 1.807) is 0 Å². The van der Waals surface area contributed by atoms with Crippen molar-refractivity contribution in [1.29, 1.82) is 0 Å². The number of aryl methyl sites for hydroxylation is 2. The number of alkyl halides is 1. The molecule has 1 aromatic heterocycles. The van der Waals surface area contributed by atoms with Crippen LogP contribution in [0, 0.1) is 0 Å². The molecule has 0 spiro atoms. The summed E-state index contributed by atoms with van der Waals surface area (Å²) in [6.45, 7) is 6.73. The lowest BCUT2D eigenvalue weighted by molar-refractivity contribution is 0.714. The Bertz CT molecular complexity index is 752. The fraction of sp³-hybridized carbons (Fsp3) is 0.429. The van der Waals surface area contributed by atoms with E-state index in [9.17, 15) is 0 Å². The Morgan fingerprint density at radius 3 is 1.70 bits per heavy atom. The molecule has 0 aliphatic rings. The van der Waals surface area contributed by atoms with Gasteiger partial charge in [0.1, 0.15) is 0 Å². The van der Waals surface area contributed by atoms with Gasteiger partial charge in [0, 0.05) is 10.8 Å². The molecule has 1 unspecified atom stereocenters. The van der Waals surface area contributed by atoms with Gasteiger partial charge in [0.15, 0.2) is 0 Å². The molecule has 0 N–H and O–H groups in total. The zero-order valence-corrected chi connectivity index (χ0v) is 16.0. The van der Waals surface area contributed by atoms with Crippen molar-refractivity contribution >= 4 is 37.7 Å². The van der Waals surface area contributed by atoms with Crippen LogP contribution in [-0.2, 0) is 12.8 Å². The van der Waals surface area contributed by atoms with Crippen LogP contribution in [-0.4, -0.2) is 4.57 Å². The number of hydrogen-bond donors (Lipinski definition) is 0. The first kappa shape index (κ1) is 16.6. The van der Waals surface area contributed by atoms with Gasteiger partial charge in [0.25, 0.3) is 0 Å². The summed E-state index contributed by atoms with van der Waals surface area (Å²) >= 11 is 3.87. The maximum Gasteiger partial charge on any atom is 0.0892 e. The average molecular weight is 372 g/mol. The zero-order valence-electron chi connectivity index (χ0n) is 14.4. The van der Waals surface area contributed by atoms with Crippen LogP contribution in [0.4, 0.5) is 0 Å². The second-order valence-electron chi connectivity index (χ2n) is 6.42. The van der Waals surface area contributed by atoms with Gasteiger partial charge in [-0.15, -0.1) is 0 Å². The molecule has 0 fully saturated rings. The van der Waals surface area contributed by atoms with Crippen LogP contribution in [0.25, 0.3) is 21.8 Å². The van der Waals surface area contributed by atoms with Crippen molar-refractivity contribution in [2.24, 2.45) is 0 Å². The minimum atomic E-state index is 0.344. The lowest BCUT2D eigenvalue weighted by atomic mass is 10.0. The molecule has 0 saturated heterocycles. The minimum absolute atomic E-state index is 0.344. The fourth-order valence-corrected chi connectivity index (χ4v) is 3.96. The van der Waals surface area contributed by atoms with E-state index in [4.69, 9.17) is 0 Å². The van der Waals surface area contributed by atoms with Crippen LogP contribution in [0.15, 0.2) is 36.4 Å². The van der Waals surface area contributed by atoms with E-state index < -0.39 is 0 Å². The molecule has 3 rings (SSSR count). The van der Waals surface area contributed by atoms with E-state index >= 15 is 0 Å². The Balaban J connectivity index is 2.30. The maximum atomic E-state index is 3.87. The standard InChI is InChI=1S/C21H26BrN/c1-4-7-15-9-11-19-17(13-15)18-14-16(8-5-2)10-12-20(18)23(19)21(22)6-3/h9-14,21H,4-8H2,1-3H3. The summed E-state index contributed by atoms with van der Waals surface area (Å²) in [5.41, 5.74) is 5.58. The Hall–Kier alpha value is -1.28. The molecule has 0 radical (unpaired) electrons. The van der Waals surface area contributed by atoms with Crippen LogP contribution in [0.2, 0.25) is 0 Å². The monoisotopic (exact) mass is 371 g/mol. The van der Waals surface area contributed by atoms with E-state index in [-0.39, 0.29) is 0 Å². The van der Waals surface area contributed by atoms with E-state index in [2.05, 4.69) is 77.7 Å². The van der Waals surface area contributed by atoms with Crippen molar-refractivity contribution in [3.63, 3.8) is 0 Å². The number of hydrogen-bond acceptors (Lipinski definition) is 0. The molecule has 122 valence electrons. The molecular weight excluding hydrogens is 346 g/mol. The predicted molar refractivity (Wildman–Crippen MR) is 106 cm³/mol. The summed E-state index contributed by atoms with van der Waals surface area (Å²) in [4.78, 5) is 0.344. The topological polar surface area (TPSA) is 4.93 Å². The number of aromatic nitrogens is 1. The van der Waals surface area contributed by atoms with Crippen LogP contribution in [0.3, 0.4) is 0 Å². The first-order chi connectivity index (χ1) is 11.2. The number of halogens is 1. The molecule has 3 aromatic rings. The minimum Gasteiger partial charge on any atom is -0.327 e. The Kier molecular flexibility index (Phi) is 5.11. The molecule has 1 atom stereocenters. The van der Waals surface area contributed by atoms with Crippen LogP contribution < -0.4 is 0 Å². The Morgan fingerprint density at radius 2 is 1.30 bits per heavy atom. The highest BCUT2D eigenvalue weighted by Gasteiger charge is 2.15. The van der Waals surface area contributed by atoms with Gasteiger partial charge in [-0.3, -0.25) is 0 Å². The molecule has 0 aliphatic carbocycles. The first-order valence-corrected chi connectivity index (χ1v) is 9.80. The highest BCUT2D eigenvalue weighted by atomic mass is 79.9. The molecule has 2 heteroatoms. The fourth-order valence-electron chi connectivity index (χ4n) is 3.52. The third-order valence-corrected chi connectivity index (χ3v) is 5.68. The second-order valence-corrected chi connectivity index (χ2v) is 7.47. The molecule has 0 saturated carbocycles. The zero-order chi connectivity index (χ0) is 16.4. The van der Waals surface area contributed by atoms with E-state index in [1.807, 2.05) is 0 Å². The van der Waals surface area contributed by atoms with Gasteiger partial charge < -0.3 is 4.57 Å². The normalized spacial score (nSPS) is 13.0. The molecule has 1 nitrogen and oxygen atoms in total. The number of nitrogens with zero attached hydrogens (tertiary/aromatic N) is 1. The summed E-state index contributed by atoms with van der Waals surface area (Å²) < 4.78 is 2.45. The molecule has 0 bridgehead atoms. The van der Waals surface area contributed by atoms with Crippen molar-refractivity contribution in [2.75, 3.05) is 0 Å². The lowest BCUT2D eigenvalue weighted by Crippen LogP contribution is -2.00. The van der Waals surface area contributed by atoms with Gasteiger partial charge in [-0.25, -0.2) is 0 Å². The molecule has 1 heterocycles. The average Bonchev–Trinajstić information content (AvgIpc) is 2.88.